The standard InChI is InChI=1S/C23H30N6O3/c1-15-14-32-9-8-29(15)21-10-19(11-28-12-20(30)13-28)24-22(27-21)16-2-4-17(5-3-16)25-23(31)26-18-6-7-18/h2-5,10,15,18,20,30H,6-9,11-14H2,1H3,(H2,25,26,31)/t15-/m0/s1. The Balaban J connectivity index is 1.37. The smallest absolute Gasteiger partial charge is 0.319 e. The molecule has 9 nitrogen and oxygen atoms in total. The third kappa shape index (κ3) is 5.01. The molecule has 3 aliphatic rings. The van der Waals surface area contributed by atoms with Crippen molar-refractivity contribution in [2.45, 2.75) is 44.5 Å². The number of morpholine rings is 1. The lowest BCUT2D eigenvalue weighted by molar-refractivity contribution is -0.00353. The predicted molar refractivity (Wildman–Crippen MR) is 122 cm³/mol. The molecule has 2 aliphatic heterocycles. The van der Waals surface area contributed by atoms with Crippen molar-refractivity contribution in [1.29, 1.82) is 0 Å². The first-order valence-corrected chi connectivity index (χ1v) is 11.3. The highest BCUT2D eigenvalue weighted by Gasteiger charge is 2.27. The van der Waals surface area contributed by atoms with Crippen molar-refractivity contribution >= 4 is 17.5 Å². The number of ether oxygens (including phenoxy) is 1. The number of β-amino-alcohol motifs (C(OH)–C–C–N with tert-alkyl or cyclic N) is 1. The van der Waals surface area contributed by atoms with E-state index in [4.69, 9.17) is 14.7 Å². The summed E-state index contributed by atoms with van der Waals surface area (Å²) in [6.07, 6.45) is 1.87. The third-order valence-corrected chi connectivity index (χ3v) is 6.06. The number of carbonyl (C=O) groups is 1. The van der Waals surface area contributed by atoms with E-state index in [9.17, 15) is 9.90 Å². The molecule has 0 bridgehead atoms. The summed E-state index contributed by atoms with van der Waals surface area (Å²) >= 11 is 0. The molecule has 1 aliphatic carbocycles. The Morgan fingerprint density at radius 3 is 2.69 bits per heavy atom. The van der Waals surface area contributed by atoms with Crippen LogP contribution in [0.4, 0.5) is 16.3 Å². The number of nitrogens with one attached hydrogen (secondary N) is 2. The highest BCUT2D eigenvalue weighted by atomic mass is 16.5. The van der Waals surface area contributed by atoms with Crippen LogP contribution >= 0.6 is 0 Å². The predicted octanol–water partition coefficient (Wildman–Crippen LogP) is 1.83. The highest BCUT2D eigenvalue weighted by molar-refractivity contribution is 5.89. The molecule has 2 amide bonds. The molecular weight excluding hydrogens is 408 g/mol. The fraction of sp³-hybridized carbons (Fsp3) is 0.522. The van der Waals surface area contributed by atoms with Gasteiger partial charge < -0.3 is 25.4 Å². The number of likely N-dealkylation sites (tertiary alicyclic amines) is 1. The van der Waals surface area contributed by atoms with Gasteiger partial charge in [-0.05, 0) is 44.0 Å². The Morgan fingerprint density at radius 1 is 1.22 bits per heavy atom. The second-order valence-corrected chi connectivity index (χ2v) is 8.96. The van der Waals surface area contributed by atoms with Crippen LogP contribution in [0, 0.1) is 0 Å². The summed E-state index contributed by atoms with van der Waals surface area (Å²) in [4.78, 5) is 26.1. The summed E-state index contributed by atoms with van der Waals surface area (Å²) in [7, 11) is 0. The van der Waals surface area contributed by atoms with Gasteiger partial charge in [-0.25, -0.2) is 14.8 Å². The van der Waals surface area contributed by atoms with E-state index in [0.29, 0.717) is 44.7 Å². The van der Waals surface area contributed by atoms with Crippen LogP contribution in [-0.4, -0.2) is 77.0 Å². The minimum absolute atomic E-state index is 0.168. The molecule has 0 spiro atoms. The number of carbonyl (C=O) groups excluding carboxylic acids is 1. The van der Waals surface area contributed by atoms with Crippen LogP contribution in [0.25, 0.3) is 11.4 Å². The monoisotopic (exact) mass is 438 g/mol. The number of aliphatic hydroxyl groups is 1. The van der Waals surface area contributed by atoms with Gasteiger partial charge in [0.1, 0.15) is 5.82 Å². The van der Waals surface area contributed by atoms with E-state index in [2.05, 4.69) is 27.4 Å². The quantitative estimate of drug-likeness (QED) is 0.632. The lowest BCUT2D eigenvalue weighted by atomic mass is 10.1. The number of amides is 2. The molecule has 2 aromatic rings. The zero-order valence-corrected chi connectivity index (χ0v) is 18.3. The molecule has 2 saturated heterocycles. The van der Waals surface area contributed by atoms with Gasteiger partial charge in [0, 0.05) is 49.5 Å². The van der Waals surface area contributed by atoms with Crippen LogP contribution in [0.5, 0.6) is 0 Å². The second kappa shape index (κ2) is 9.01. The molecule has 3 fully saturated rings. The van der Waals surface area contributed by atoms with Gasteiger partial charge >= 0.3 is 6.03 Å². The van der Waals surface area contributed by atoms with Crippen LogP contribution in [0.1, 0.15) is 25.5 Å². The SMILES string of the molecule is C[C@H]1COCCN1c1cc(CN2CC(O)C2)nc(-c2ccc(NC(=O)NC3CC3)cc2)n1. The molecular formula is C23H30N6O3. The van der Waals surface area contributed by atoms with Gasteiger partial charge in [0.2, 0.25) is 0 Å². The summed E-state index contributed by atoms with van der Waals surface area (Å²) in [5.41, 5.74) is 2.56. The molecule has 3 heterocycles. The van der Waals surface area contributed by atoms with Crippen molar-refractivity contribution in [2.75, 3.05) is 43.1 Å². The topological polar surface area (TPSA) is 103 Å². The molecule has 1 atom stereocenters. The number of nitrogens with zero attached hydrogens (tertiary/aromatic N) is 4. The maximum atomic E-state index is 12.0. The number of aliphatic hydroxyl groups excluding tert-OH is 1. The minimum Gasteiger partial charge on any atom is -0.390 e. The van der Waals surface area contributed by atoms with E-state index in [1.54, 1.807) is 0 Å². The van der Waals surface area contributed by atoms with Crippen LogP contribution in [0.15, 0.2) is 30.3 Å². The molecule has 1 saturated carbocycles. The zero-order chi connectivity index (χ0) is 22.1. The number of benzene rings is 1. The van der Waals surface area contributed by atoms with Crippen molar-refractivity contribution < 1.29 is 14.6 Å². The lowest BCUT2D eigenvalue weighted by Crippen LogP contribution is -2.50. The fourth-order valence-corrected chi connectivity index (χ4v) is 4.09. The van der Waals surface area contributed by atoms with Crippen molar-refractivity contribution in [2.24, 2.45) is 0 Å². The molecule has 0 radical (unpaired) electrons. The van der Waals surface area contributed by atoms with E-state index in [-0.39, 0.29) is 18.2 Å². The second-order valence-electron chi connectivity index (χ2n) is 8.96. The molecule has 9 heteroatoms. The van der Waals surface area contributed by atoms with Gasteiger partial charge in [-0.15, -0.1) is 0 Å². The number of urea groups is 1. The number of hydrogen-bond donors (Lipinski definition) is 3. The maximum absolute atomic E-state index is 12.0. The van der Waals surface area contributed by atoms with E-state index in [1.807, 2.05) is 30.3 Å². The minimum atomic E-state index is -0.243. The summed E-state index contributed by atoms with van der Waals surface area (Å²) in [6.45, 7) is 6.31. The van der Waals surface area contributed by atoms with Gasteiger partial charge in [0.05, 0.1) is 31.1 Å². The van der Waals surface area contributed by atoms with Crippen LogP contribution in [0.3, 0.4) is 0 Å². The Labute approximate surface area is 187 Å². The van der Waals surface area contributed by atoms with E-state index in [0.717, 1.165) is 42.1 Å². The van der Waals surface area contributed by atoms with E-state index in [1.165, 1.54) is 0 Å². The van der Waals surface area contributed by atoms with Crippen molar-refractivity contribution in [1.82, 2.24) is 20.2 Å². The summed E-state index contributed by atoms with van der Waals surface area (Å²) in [6, 6.07) is 10.1. The normalized spacial score (nSPS) is 21.8. The Hall–Kier alpha value is -2.75. The molecule has 170 valence electrons. The number of rotatable bonds is 6. The zero-order valence-electron chi connectivity index (χ0n) is 18.3. The molecule has 0 unspecified atom stereocenters. The first-order chi connectivity index (χ1) is 15.5. The van der Waals surface area contributed by atoms with Gasteiger partial charge in [0.15, 0.2) is 5.82 Å². The summed E-state index contributed by atoms with van der Waals surface area (Å²) in [5, 5.41) is 15.4. The molecule has 1 aromatic carbocycles. The Morgan fingerprint density at radius 2 is 2.00 bits per heavy atom. The molecule has 1 aromatic heterocycles. The average Bonchev–Trinajstić information content (AvgIpc) is 3.57. The maximum Gasteiger partial charge on any atom is 0.319 e. The third-order valence-electron chi connectivity index (χ3n) is 6.06. The van der Waals surface area contributed by atoms with E-state index < -0.39 is 0 Å². The molecule has 32 heavy (non-hydrogen) atoms. The first kappa shape index (κ1) is 21.1. The van der Waals surface area contributed by atoms with Gasteiger partial charge in [-0.2, -0.15) is 0 Å². The van der Waals surface area contributed by atoms with Crippen LogP contribution in [0.2, 0.25) is 0 Å². The highest BCUT2D eigenvalue weighted by Crippen LogP contribution is 2.26. The van der Waals surface area contributed by atoms with Crippen molar-refractivity contribution in [3.63, 3.8) is 0 Å². The van der Waals surface area contributed by atoms with Gasteiger partial charge in [-0.1, -0.05) is 0 Å². The largest absolute Gasteiger partial charge is 0.390 e. The average molecular weight is 439 g/mol. The first-order valence-electron chi connectivity index (χ1n) is 11.3. The molecule has 3 N–H and O–H groups in total. The summed E-state index contributed by atoms with van der Waals surface area (Å²) in [5.74, 6) is 1.55. The number of aromatic nitrogens is 2. The van der Waals surface area contributed by atoms with Crippen LogP contribution in [-0.2, 0) is 11.3 Å². The lowest BCUT2D eigenvalue weighted by Gasteiger charge is -2.36. The van der Waals surface area contributed by atoms with Gasteiger partial charge in [-0.3, -0.25) is 4.90 Å². The van der Waals surface area contributed by atoms with Crippen LogP contribution < -0.4 is 15.5 Å². The van der Waals surface area contributed by atoms with Crippen molar-refractivity contribution in [3.05, 3.63) is 36.0 Å². The number of anilines is 2. The van der Waals surface area contributed by atoms with Crippen molar-refractivity contribution in [3.8, 4) is 11.4 Å². The Bertz CT molecular complexity index is 959. The summed E-state index contributed by atoms with van der Waals surface area (Å²) < 4.78 is 5.59. The van der Waals surface area contributed by atoms with E-state index >= 15 is 0 Å². The van der Waals surface area contributed by atoms with Gasteiger partial charge in [0.25, 0.3) is 0 Å². The number of hydrogen-bond acceptors (Lipinski definition) is 7. The molecule has 5 rings (SSSR count). The fourth-order valence-electron chi connectivity index (χ4n) is 4.09. The Kier molecular flexibility index (Phi) is 5.95.